The van der Waals surface area contributed by atoms with Crippen LogP contribution in [-0.4, -0.2) is 22.5 Å². The van der Waals surface area contributed by atoms with Crippen molar-refractivity contribution >= 4 is 33.1 Å². The summed E-state index contributed by atoms with van der Waals surface area (Å²) in [5, 5.41) is 3.61. The van der Waals surface area contributed by atoms with Crippen molar-refractivity contribution in [3.8, 4) is 5.75 Å². The fraction of sp³-hybridized carbons (Fsp3) is 0.381. The molecule has 4 rings (SSSR count). The van der Waals surface area contributed by atoms with Crippen LogP contribution in [0.1, 0.15) is 42.5 Å². The molecule has 0 saturated carbocycles. The van der Waals surface area contributed by atoms with E-state index in [0.29, 0.717) is 18.9 Å². The van der Waals surface area contributed by atoms with Gasteiger partial charge in [-0.05, 0) is 62.4 Å². The van der Waals surface area contributed by atoms with E-state index in [9.17, 15) is 9.59 Å². The van der Waals surface area contributed by atoms with Gasteiger partial charge >= 0.3 is 0 Å². The lowest BCUT2D eigenvalue weighted by Gasteiger charge is -2.09. The number of anilines is 1. The Hall–Kier alpha value is -2.67. The second-order valence-electron chi connectivity index (χ2n) is 6.91. The number of carbonyl (C=O) groups excluding carboxylic acids is 1. The molecule has 2 heterocycles. The highest BCUT2D eigenvalue weighted by Crippen LogP contribution is 2.33. The minimum Gasteiger partial charge on any atom is -0.494 e. The van der Waals surface area contributed by atoms with E-state index in [-0.39, 0.29) is 17.9 Å². The number of carbonyl (C=O) groups is 1. The van der Waals surface area contributed by atoms with Gasteiger partial charge in [-0.1, -0.05) is 0 Å². The molecule has 146 valence electrons. The standard InChI is InChI=1S/C21H23N3O3S/c1-2-27-14-9-7-13(8-10-14)22-18(25)12-11-17-23-20(26)19-15-5-3-4-6-16(15)28-21(19)24-17/h7-10H,2-6,11-12H2,1H3,(H,22,25)(H,23,24,26). The van der Waals surface area contributed by atoms with Crippen LogP contribution in [0.3, 0.4) is 0 Å². The Morgan fingerprint density at radius 3 is 2.82 bits per heavy atom. The molecule has 0 unspecified atom stereocenters. The fourth-order valence-corrected chi connectivity index (χ4v) is 4.86. The van der Waals surface area contributed by atoms with E-state index in [1.807, 2.05) is 31.2 Å². The first-order valence-electron chi connectivity index (χ1n) is 9.70. The van der Waals surface area contributed by atoms with Crippen molar-refractivity contribution in [1.29, 1.82) is 0 Å². The van der Waals surface area contributed by atoms with Crippen molar-refractivity contribution in [3.05, 3.63) is 50.9 Å². The molecule has 2 aromatic heterocycles. The quantitative estimate of drug-likeness (QED) is 0.662. The molecule has 28 heavy (non-hydrogen) atoms. The number of aromatic amines is 1. The van der Waals surface area contributed by atoms with E-state index in [2.05, 4.69) is 15.3 Å². The van der Waals surface area contributed by atoms with Gasteiger partial charge in [-0.3, -0.25) is 9.59 Å². The molecular formula is C21H23N3O3S. The highest BCUT2D eigenvalue weighted by Gasteiger charge is 2.19. The maximum Gasteiger partial charge on any atom is 0.259 e. The van der Waals surface area contributed by atoms with Gasteiger partial charge in [0.15, 0.2) is 0 Å². The summed E-state index contributed by atoms with van der Waals surface area (Å²) in [6.45, 7) is 2.53. The average molecular weight is 398 g/mol. The summed E-state index contributed by atoms with van der Waals surface area (Å²) in [7, 11) is 0. The Labute approximate surface area is 167 Å². The summed E-state index contributed by atoms with van der Waals surface area (Å²) >= 11 is 1.63. The number of aryl methyl sites for hydroxylation is 3. The first kappa shape index (κ1) is 18.7. The second kappa shape index (κ2) is 8.14. The Morgan fingerprint density at radius 2 is 2.04 bits per heavy atom. The van der Waals surface area contributed by atoms with Crippen molar-refractivity contribution in [1.82, 2.24) is 9.97 Å². The van der Waals surface area contributed by atoms with Crippen LogP contribution < -0.4 is 15.6 Å². The Morgan fingerprint density at radius 1 is 1.25 bits per heavy atom. The number of hydrogen-bond acceptors (Lipinski definition) is 5. The van der Waals surface area contributed by atoms with E-state index in [4.69, 9.17) is 4.74 Å². The predicted octanol–water partition coefficient (Wildman–Crippen LogP) is 3.83. The third kappa shape index (κ3) is 3.94. The summed E-state index contributed by atoms with van der Waals surface area (Å²) in [6, 6.07) is 7.27. The minimum atomic E-state index is -0.114. The van der Waals surface area contributed by atoms with Crippen LogP contribution in [0.2, 0.25) is 0 Å². The summed E-state index contributed by atoms with van der Waals surface area (Å²) in [5.74, 6) is 1.23. The van der Waals surface area contributed by atoms with E-state index < -0.39 is 0 Å². The van der Waals surface area contributed by atoms with Crippen LogP contribution in [0.4, 0.5) is 5.69 Å². The van der Waals surface area contributed by atoms with Crippen LogP contribution in [0.15, 0.2) is 29.1 Å². The van der Waals surface area contributed by atoms with Crippen LogP contribution in [0, 0.1) is 0 Å². The molecule has 2 N–H and O–H groups in total. The van der Waals surface area contributed by atoms with Gasteiger partial charge in [0.25, 0.3) is 5.56 Å². The summed E-state index contributed by atoms with van der Waals surface area (Å²) < 4.78 is 5.39. The van der Waals surface area contributed by atoms with Crippen LogP contribution in [0.5, 0.6) is 5.75 Å². The zero-order valence-corrected chi connectivity index (χ0v) is 16.7. The second-order valence-corrected chi connectivity index (χ2v) is 7.99. The maximum absolute atomic E-state index is 12.6. The molecule has 1 aliphatic rings. The lowest BCUT2D eigenvalue weighted by Crippen LogP contribution is -2.16. The number of thiophene rings is 1. The minimum absolute atomic E-state index is 0.0775. The van der Waals surface area contributed by atoms with E-state index in [1.54, 1.807) is 11.3 Å². The zero-order valence-electron chi connectivity index (χ0n) is 15.8. The largest absolute Gasteiger partial charge is 0.494 e. The van der Waals surface area contributed by atoms with Gasteiger partial charge in [0.05, 0.1) is 12.0 Å². The molecule has 0 spiro atoms. The van der Waals surface area contributed by atoms with Crippen LogP contribution >= 0.6 is 11.3 Å². The molecule has 7 heteroatoms. The number of benzene rings is 1. The number of amides is 1. The van der Waals surface area contributed by atoms with E-state index in [1.165, 1.54) is 16.9 Å². The molecule has 1 aromatic carbocycles. The highest BCUT2D eigenvalue weighted by molar-refractivity contribution is 7.18. The zero-order chi connectivity index (χ0) is 19.5. The number of H-pyrrole nitrogens is 1. The van der Waals surface area contributed by atoms with Crippen LogP contribution in [-0.2, 0) is 24.1 Å². The molecule has 0 aliphatic heterocycles. The lowest BCUT2D eigenvalue weighted by atomic mass is 9.97. The predicted molar refractivity (Wildman–Crippen MR) is 111 cm³/mol. The van der Waals surface area contributed by atoms with Gasteiger partial charge in [0.2, 0.25) is 5.91 Å². The van der Waals surface area contributed by atoms with Crippen molar-refractivity contribution < 1.29 is 9.53 Å². The monoisotopic (exact) mass is 397 g/mol. The molecule has 0 radical (unpaired) electrons. The molecule has 0 bridgehead atoms. The molecule has 0 atom stereocenters. The van der Waals surface area contributed by atoms with Gasteiger partial charge in [-0.15, -0.1) is 11.3 Å². The van der Waals surface area contributed by atoms with E-state index >= 15 is 0 Å². The average Bonchev–Trinajstić information content (AvgIpc) is 3.07. The number of ether oxygens (including phenoxy) is 1. The van der Waals surface area contributed by atoms with Gasteiger partial charge in [-0.2, -0.15) is 0 Å². The van der Waals surface area contributed by atoms with Crippen molar-refractivity contribution in [2.45, 2.75) is 45.4 Å². The third-order valence-corrected chi connectivity index (χ3v) is 6.10. The van der Waals surface area contributed by atoms with Crippen molar-refractivity contribution in [2.75, 3.05) is 11.9 Å². The van der Waals surface area contributed by atoms with Gasteiger partial charge in [0, 0.05) is 23.4 Å². The Balaban J connectivity index is 1.42. The van der Waals surface area contributed by atoms with Gasteiger partial charge in [0.1, 0.15) is 16.4 Å². The third-order valence-electron chi connectivity index (χ3n) is 4.91. The van der Waals surface area contributed by atoms with Gasteiger partial charge < -0.3 is 15.0 Å². The van der Waals surface area contributed by atoms with Gasteiger partial charge in [-0.25, -0.2) is 4.98 Å². The lowest BCUT2D eigenvalue weighted by molar-refractivity contribution is -0.116. The number of nitrogens with zero attached hydrogens (tertiary/aromatic N) is 1. The first-order valence-corrected chi connectivity index (χ1v) is 10.5. The number of fused-ring (bicyclic) bond motifs is 3. The summed E-state index contributed by atoms with van der Waals surface area (Å²) in [6.07, 6.45) is 4.96. The van der Waals surface area contributed by atoms with Crippen molar-refractivity contribution in [2.24, 2.45) is 0 Å². The summed E-state index contributed by atoms with van der Waals surface area (Å²) in [5.41, 5.74) is 1.82. The summed E-state index contributed by atoms with van der Waals surface area (Å²) in [4.78, 5) is 34.4. The van der Waals surface area contributed by atoms with Crippen molar-refractivity contribution in [3.63, 3.8) is 0 Å². The molecule has 0 saturated heterocycles. The number of nitrogens with one attached hydrogen (secondary N) is 2. The number of rotatable bonds is 6. The molecule has 1 aliphatic carbocycles. The van der Waals surface area contributed by atoms with Crippen LogP contribution in [0.25, 0.3) is 10.2 Å². The maximum atomic E-state index is 12.6. The Kier molecular flexibility index (Phi) is 5.43. The topological polar surface area (TPSA) is 84.1 Å². The number of hydrogen-bond donors (Lipinski definition) is 2. The van der Waals surface area contributed by atoms with E-state index in [0.717, 1.165) is 40.9 Å². The molecule has 0 fully saturated rings. The highest BCUT2D eigenvalue weighted by atomic mass is 32.1. The molecular weight excluding hydrogens is 374 g/mol. The normalized spacial score (nSPS) is 13.3. The Bertz CT molecular complexity index is 1050. The fourth-order valence-electron chi connectivity index (χ4n) is 3.58. The smallest absolute Gasteiger partial charge is 0.259 e. The SMILES string of the molecule is CCOc1ccc(NC(=O)CCc2nc3sc4c(c3c(=O)[nH]2)CCCC4)cc1. The molecule has 6 nitrogen and oxygen atoms in total. The molecule has 3 aromatic rings. The first-order chi connectivity index (χ1) is 13.6. The molecule has 1 amide bonds. The number of aromatic nitrogens is 2.